The fourth-order valence-electron chi connectivity index (χ4n) is 1.69. The van der Waals surface area contributed by atoms with Crippen LogP contribution < -0.4 is 5.32 Å². The van der Waals surface area contributed by atoms with E-state index >= 15 is 0 Å². The third-order valence-electron chi connectivity index (χ3n) is 2.56. The van der Waals surface area contributed by atoms with Crippen LogP contribution in [0.5, 0.6) is 0 Å². The lowest BCUT2D eigenvalue weighted by Crippen LogP contribution is -2.36. The van der Waals surface area contributed by atoms with Crippen LogP contribution in [-0.2, 0) is 14.4 Å². The van der Waals surface area contributed by atoms with Crippen molar-refractivity contribution in [2.24, 2.45) is 5.16 Å². The van der Waals surface area contributed by atoms with Crippen molar-refractivity contribution in [2.45, 2.75) is 6.92 Å². The first-order valence-corrected chi connectivity index (χ1v) is 7.10. The Bertz CT molecular complexity index is 774. The maximum atomic E-state index is 12.2. The largest absolute Gasteiger partial charge is 0.332 e. The van der Waals surface area contributed by atoms with Gasteiger partial charge in [0, 0.05) is 11.4 Å². The van der Waals surface area contributed by atoms with E-state index in [1.165, 1.54) is 6.07 Å². The molecular weight excluding hydrogens is 430 g/mol. The van der Waals surface area contributed by atoms with Crippen LogP contribution in [0.15, 0.2) is 20.2 Å². The van der Waals surface area contributed by atoms with Gasteiger partial charge in [-0.1, -0.05) is 5.16 Å². The quantitative estimate of drug-likeness (QED) is 0.431. The first-order chi connectivity index (χ1) is 10.2. The van der Waals surface area contributed by atoms with Crippen molar-refractivity contribution in [3.63, 3.8) is 0 Å². The number of carbonyl (C=O) groups is 3. The Morgan fingerprint density at radius 1 is 1.41 bits per heavy atom. The Labute approximate surface area is 139 Å². The molecule has 9 nitrogen and oxygen atoms in total. The minimum Gasteiger partial charge on any atom is -0.318 e. The molecule has 0 fully saturated rings. The Kier molecular flexibility index (Phi) is 4.37. The van der Waals surface area contributed by atoms with E-state index in [2.05, 4.69) is 47.2 Å². The predicted molar refractivity (Wildman–Crippen MR) is 80.7 cm³/mol. The summed E-state index contributed by atoms with van der Waals surface area (Å²) >= 11 is 6.09. The number of fused-ring (bicyclic) bond motifs is 1. The number of halogens is 2. The zero-order valence-corrected chi connectivity index (χ0v) is 13.8. The first-order valence-electron chi connectivity index (χ1n) is 5.52. The van der Waals surface area contributed by atoms with Crippen molar-refractivity contribution >= 4 is 66.6 Å². The second kappa shape index (κ2) is 5.93. The fourth-order valence-corrected chi connectivity index (χ4v) is 2.56. The number of nitro groups is 1. The molecule has 0 saturated carbocycles. The van der Waals surface area contributed by atoms with Crippen LogP contribution in [0.4, 0.5) is 11.4 Å². The number of nitrogens with one attached hydrogen (secondary N) is 1. The topological polar surface area (TPSA) is 128 Å². The predicted octanol–water partition coefficient (Wildman–Crippen LogP) is 2.17. The van der Waals surface area contributed by atoms with Gasteiger partial charge in [-0.2, -0.15) is 0 Å². The number of rotatable bonds is 2. The molecule has 1 N–H and O–H groups in total. The Hall–Kier alpha value is -2.14. The number of benzene rings is 1. The number of anilines is 1. The summed E-state index contributed by atoms with van der Waals surface area (Å²) in [6.07, 6.45) is 0. The van der Waals surface area contributed by atoms with E-state index in [1.807, 2.05) is 0 Å². The Morgan fingerprint density at radius 2 is 2.05 bits per heavy atom. The molecule has 0 aliphatic carbocycles. The number of Topliss-reactive ketones (excluding diaryl/α,β-unsaturated/α-hetero) is 1. The SMILES string of the molecule is CC(=O)ON=C1C(=O)Nc2c(cc(Br)c(Br)c2[N+](=O)[O-])C1=O. The summed E-state index contributed by atoms with van der Waals surface area (Å²) in [6.45, 7) is 1.04. The van der Waals surface area contributed by atoms with Crippen LogP contribution in [0.3, 0.4) is 0 Å². The van der Waals surface area contributed by atoms with Crippen molar-refractivity contribution in [3.05, 3.63) is 30.7 Å². The molecule has 0 aromatic heterocycles. The van der Waals surface area contributed by atoms with Crippen LogP contribution >= 0.6 is 31.9 Å². The van der Waals surface area contributed by atoms with E-state index in [1.54, 1.807) is 0 Å². The van der Waals surface area contributed by atoms with Gasteiger partial charge in [0.2, 0.25) is 11.5 Å². The average Bonchev–Trinajstić information content (AvgIpc) is 2.40. The second-order valence-electron chi connectivity index (χ2n) is 4.01. The number of hydrogen-bond acceptors (Lipinski definition) is 7. The van der Waals surface area contributed by atoms with E-state index in [9.17, 15) is 24.5 Å². The highest BCUT2D eigenvalue weighted by Crippen LogP contribution is 2.42. The van der Waals surface area contributed by atoms with Crippen molar-refractivity contribution in [3.8, 4) is 0 Å². The minimum absolute atomic E-state index is 0.0738. The molecule has 0 unspecified atom stereocenters. The Morgan fingerprint density at radius 3 is 2.59 bits per heavy atom. The van der Waals surface area contributed by atoms with Crippen LogP contribution in [0.2, 0.25) is 0 Å². The number of oxime groups is 1. The van der Waals surface area contributed by atoms with E-state index in [-0.39, 0.29) is 20.2 Å². The van der Waals surface area contributed by atoms with Gasteiger partial charge < -0.3 is 10.2 Å². The molecular formula is C11H5Br2N3O6. The lowest BCUT2D eigenvalue weighted by molar-refractivity contribution is -0.384. The monoisotopic (exact) mass is 433 g/mol. The molecule has 0 atom stereocenters. The van der Waals surface area contributed by atoms with Crippen molar-refractivity contribution in [1.29, 1.82) is 0 Å². The molecule has 1 amide bonds. The standard InChI is InChI=1S/C11H5Br2N3O6/c1-3(17)22-15-8-10(18)4-2-5(12)6(13)9(16(20)21)7(4)14-11(8)19/h2H,1H3,(H,14,19). The molecule has 2 rings (SSSR count). The number of hydrogen-bond donors (Lipinski definition) is 1. The molecule has 0 radical (unpaired) electrons. The van der Waals surface area contributed by atoms with Gasteiger partial charge in [-0.25, -0.2) is 4.79 Å². The van der Waals surface area contributed by atoms with Gasteiger partial charge >= 0.3 is 11.7 Å². The fraction of sp³-hybridized carbons (Fsp3) is 0.0909. The number of nitro benzene ring substituents is 1. The second-order valence-corrected chi connectivity index (χ2v) is 5.65. The molecule has 1 aliphatic heterocycles. The lowest BCUT2D eigenvalue weighted by Gasteiger charge is -2.17. The summed E-state index contributed by atoms with van der Waals surface area (Å²) in [7, 11) is 0. The molecule has 114 valence electrons. The zero-order chi connectivity index (χ0) is 16.6. The highest BCUT2D eigenvalue weighted by molar-refractivity contribution is 9.13. The Balaban J connectivity index is 2.65. The summed E-state index contributed by atoms with van der Waals surface area (Å²) in [5.74, 6) is -2.71. The summed E-state index contributed by atoms with van der Waals surface area (Å²) in [6, 6.07) is 1.29. The van der Waals surface area contributed by atoms with Crippen molar-refractivity contribution in [1.82, 2.24) is 0 Å². The van der Waals surface area contributed by atoms with Gasteiger partial charge in [-0.05, 0) is 37.9 Å². The van der Waals surface area contributed by atoms with Crippen LogP contribution in [0.1, 0.15) is 17.3 Å². The number of carbonyl (C=O) groups excluding carboxylic acids is 3. The van der Waals surface area contributed by atoms with Crippen molar-refractivity contribution < 1.29 is 24.1 Å². The van der Waals surface area contributed by atoms with Crippen LogP contribution in [0, 0.1) is 10.1 Å². The summed E-state index contributed by atoms with van der Waals surface area (Å²) in [4.78, 5) is 49.5. The van der Waals surface area contributed by atoms with E-state index in [4.69, 9.17) is 0 Å². The molecule has 22 heavy (non-hydrogen) atoms. The summed E-state index contributed by atoms with van der Waals surface area (Å²) in [5, 5.41) is 16.5. The number of nitrogens with zero attached hydrogens (tertiary/aromatic N) is 2. The third kappa shape index (κ3) is 2.76. The minimum atomic E-state index is -1.00. The van der Waals surface area contributed by atoms with Gasteiger partial charge in [-0.15, -0.1) is 0 Å². The highest BCUT2D eigenvalue weighted by atomic mass is 79.9. The smallest absolute Gasteiger partial charge is 0.318 e. The summed E-state index contributed by atoms with van der Waals surface area (Å²) < 4.78 is 0.319. The van der Waals surface area contributed by atoms with E-state index < -0.39 is 34.0 Å². The van der Waals surface area contributed by atoms with Gasteiger partial charge in [0.25, 0.3) is 5.91 Å². The molecule has 1 aromatic carbocycles. The van der Waals surface area contributed by atoms with Crippen LogP contribution in [-0.4, -0.2) is 28.3 Å². The van der Waals surface area contributed by atoms with Crippen LogP contribution in [0.25, 0.3) is 0 Å². The number of ketones is 1. The molecule has 0 saturated heterocycles. The van der Waals surface area contributed by atoms with Gasteiger partial charge in [0.1, 0.15) is 10.2 Å². The van der Waals surface area contributed by atoms with Gasteiger partial charge in [0.15, 0.2) is 0 Å². The third-order valence-corrected chi connectivity index (χ3v) is 4.52. The molecule has 1 aliphatic rings. The maximum absolute atomic E-state index is 12.2. The average molecular weight is 435 g/mol. The maximum Gasteiger partial charge on any atom is 0.332 e. The van der Waals surface area contributed by atoms with Crippen molar-refractivity contribution in [2.75, 3.05) is 5.32 Å². The molecule has 1 aromatic rings. The molecule has 11 heteroatoms. The number of amides is 1. The van der Waals surface area contributed by atoms with E-state index in [0.717, 1.165) is 6.92 Å². The molecule has 0 spiro atoms. The van der Waals surface area contributed by atoms with E-state index in [0.29, 0.717) is 0 Å². The molecule has 0 bridgehead atoms. The zero-order valence-electron chi connectivity index (χ0n) is 10.7. The van der Waals surface area contributed by atoms with Gasteiger partial charge in [0.05, 0.1) is 10.5 Å². The van der Waals surface area contributed by atoms with Gasteiger partial charge in [-0.3, -0.25) is 19.7 Å². The highest BCUT2D eigenvalue weighted by Gasteiger charge is 2.38. The first kappa shape index (κ1) is 16.2. The molecule has 1 heterocycles. The summed E-state index contributed by atoms with van der Waals surface area (Å²) in [5.41, 5.74) is -1.55. The lowest BCUT2D eigenvalue weighted by atomic mass is 9.99. The normalized spacial score (nSPS) is 15.3.